The Morgan fingerprint density at radius 1 is 1.17 bits per heavy atom. The van der Waals surface area contributed by atoms with E-state index in [4.69, 9.17) is 16.2 Å². The number of benzene rings is 1. The van der Waals surface area contributed by atoms with Gasteiger partial charge >= 0.3 is 18.2 Å². The molecule has 3 atom stereocenters. The summed E-state index contributed by atoms with van der Waals surface area (Å²) >= 11 is 2.30. The summed E-state index contributed by atoms with van der Waals surface area (Å²) in [6.07, 6.45) is -1.07. The molecule has 0 radical (unpaired) electrons. The molecule has 5 amide bonds. The molecular weight excluding hydrogens is 500 g/mol. The molecule has 2 fully saturated rings. The zero-order valence-corrected chi connectivity index (χ0v) is 19.3. The largest absolute Gasteiger partial charge is 0.512 e. The van der Waals surface area contributed by atoms with Gasteiger partial charge in [0.1, 0.15) is 6.04 Å². The van der Waals surface area contributed by atoms with Gasteiger partial charge in [-0.25, -0.2) is 14.4 Å². The molecule has 14 nitrogen and oxygen atoms in total. The van der Waals surface area contributed by atoms with E-state index in [9.17, 15) is 24.3 Å². The van der Waals surface area contributed by atoms with Crippen molar-refractivity contribution in [3.63, 3.8) is 0 Å². The number of aromatic nitrogens is 2. The van der Waals surface area contributed by atoms with Crippen LogP contribution in [0, 0.1) is 5.92 Å². The number of likely N-dealkylation sites (tertiary alicyclic amines) is 1. The summed E-state index contributed by atoms with van der Waals surface area (Å²) in [6.45, 7) is 0.265. The number of primary amides is 1. The fraction of sp³-hybridized carbons (Fsp3) is 0.263. The molecule has 16 heteroatoms. The van der Waals surface area contributed by atoms with E-state index < -0.39 is 36.2 Å². The van der Waals surface area contributed by atoms with E-state index in [-0.39, 0.29) is 23.5 Å². The van der Waals surface area contributed by atoms with Gasteiger partial charge in [0.15, 0.2) is 4.34 Å². The fourth-order valence-electron chi connectivity index (χ4n) is 4.46. The topological polar surface area (TPSA) is 206 Å². The van der Waals surface area contributed by atoms with Crippen LogP contribution in [0.25, 0.3) is 0 Å². The minimum absolute atomic E-state index is 0.0627. The quantitative estimate of drug-likeness (QED) is 0.286. The van der Waals surface area contributed by atoms with Crippen LogP contribution in [0.15, 0.2) is 39.4 Å². The number of nitrogen functional groups attached to an aromatic ring is 1. The van der Waals surface area contributed by atoms with E-state index in [0.717, 1.165) is 23.1 Å². The minimum Gasteiger partial charge on any atom is -0.449 e. The van der Waals surface area contributed by atoms with Crippen LogP contribution in [-0.4, -0.2) is 67.9 Å². The van der Waals surface area contributed by atoms with Crippen LogP contribution in [0.5, 0.6) is 0 Å². The number of nitrogens with one attached hydrogen (secondary N) is 2. The average Bonchev–Trinajstić information content (AvgIpc) is 3.33. The molecule has 182 valence electrons. The highest BCUT2D eigenvalue weighted by molar-refractivity contribution is 8.04. The molecule has 7 N–H and O–H groups in total. The van der Waals surface area contributed by atoms with Gasteiger partial charge in [-0.05, 0) is 30.7 Å². The van der Waals surface area contributed by atoms with Crippen molar-refractivity contribution >= 4 is 63.7 Å². The van der Waals surface area contributed by atoms with Crippen LogP contribution in [-0.2, 0) is 9.53 Å². The average molecular weight is 519 g/mol. The van der Waals surface area contributed by atoms with Crippen LogP contribution >= 0.6 is 23.1 Å². The molecule has 4 heterocycles. The second-order valence-electron chi connectivity index (χ2n) is 7.77. The number of carbonyl (C=O) groups is 4. The van der Waals surface area contributed by atoms with Gasteiger partial charge in [-0.3, -0.25) is 9.69 Å². The fourth-order valence-corrected chi connectivity index (χ4v) is 6.40. The number of hydrogen-bond donors (Lipinski definition) is 5. The molecule has 1 aromatic heterocycles. The van der Waals surface area contributed by atoms with Crippen LogP contribution in [0.3, 0.4) is 0 Å². The molecule has 5 rings (SSSR count). The standard InChI is InChI=1S/C19H18N8O6S2/c20-15(29)22-7-1-3-8(4-2-7)23-17(30)26-6-5-9-10-11(26)13(28)27(10)14(33-19(31)32)12(9)34-18-25-24-16(21)35-18/h1-4,9-11H,5-6H2,(H2,21,24)(H,23,30)(H,31,32)(H3,20,22,29)/t9?,10-,11+/m1/s1. The minimum atomic E-state index is -1.55. The second kappa shape index (κ2) is 8.62. The van der Waals surface area contributed by atoms with Crippen LogP contribution < -0.4 is 22.1 Å². The Labute approximate surface area is 205 Å². The number of hydrogen-bond acceptors (Lipinski definition) is 10. The van der Waals surface area contributed by atoms with Gasteiger partial charge in [0.25, 0.3) is 5.91 Å². The lowest BCUT2D eigenvalue weighted by Gasteiger charge is -2.52. The number of rotatable bonds is 5. The zero-order valence-electron chi connectivity index (χ0n) is 17.7. The number of amides is 5. The summed E-state index contributed by atoms with van der Waals surface area (Å²) in [4.78, 5) is 51.6. The molecule has 35 heavy (non-hydrogen) atoms. The molecule has 0 spiro atoms. The van der Waals surface area contributed by atoms with E-state index in [1.165, 1.54) is 9.80 Å². The molecule has 3 aliphatic heterocycles. The van der Waals surface area contributed by atoms with E-state index >= 15 is 0 Å². The Bertz CT molecular complexity index is 1260. The number of anilines is 3. The number of ether oxygens (including phenoxy) is 1. The van der Waals surface area contributed by atoms with Crippen molar-refractivity contribution in [3.05, 3.63) is 35.1 Å². The molecule has 0 aliphatic carbocycles. The first-order chi connectivity index (χ1) is 16.7. The number of urea groups is 2. The maximum atomic E-state index is 13.1. The second-order valence-corrected chi connectivity index (χ2v) is 10.1. The third-order valence-corrected chi connectivity index (χ3v) is 7.78. The first-order valence-corrected chi connectivity index (χ1v) is 11.8. The van der Waals surface area contributed by atoms with Crippen molar-refractivity contribution in [2.24, 2.45) is 11.7 Å². The molecule has 1 aromatic carbocycles. The lowest BCUT2D eigenvalue weighted by Crippen LogP contribution is -2.73. The molecule has 3 aliphatic rings. The Morgan fingerprint density at radius 3 is 2.46 bits per heavy atom. The number of β-lactam (4-membered cyclic amide) rings is 1. The van der Waals surface area contributed by atoms with Gasteiger partial charge in [0.2, 0.25) is 11.0 Å². The Kier molecular flexibility index (Phi) is 5.60. The molecule has 2 aromatic rings. The maximum absolute atomic E-state index is 13.1. The zero-order chi connectivity index (χ0) is 24.9. The lowest BCUT2D eigenvalue weighted by atomic mass is 9.81. The highest BCUT2D eigenvalue weighted by atomic mass is 32.2. The van der Waals surface area contributed by atoms with Crippen LogP contribution in [0.4, 0.5) is 30.9 Å². The van der Waals surface area contributed by atoms with Gasteiger partial charge in [0.05, 0.1) is 10.9 Å². The molecule has 0 saturated carbocycles. The Balaban J connectivity index is 1.33. The first-order valence-electron chi connectivity index (χ1n) is 10.2. The van der Waals surface area contributed by atoms with Gasteiger partial charge in [-0.15, -0.1) is 10.2 Å². The molecule has 0 bridgehead atoms. The first kappa shape index (κ1) is 22.7. The lowest BCUT2D eigenvalue weighted by molar-refractivity contribution is -0.159. The third-order valence-electron chi connectivity index (χ3n) is 5.78. The van der Waals surface area contributed by atoms with E-state index in [1.807, 2.05) is 0 Å². The normalized spacial score (nSPS) is 22.4. The number of nitrogens with two attached hydrogens (primary N) is 2. The monoisotopic (exact) mass is 518 g/mol. The van der Waals surface area contributed by atoms with Gasteiger partial charge < -0.3 is 36.8 Å². The summed E-state index contributed by atoms with van der Waals surface area (Å²) in [6, 6.07) is 3.91. The maximum Gasteiger partial charge on any atom is 0.512 e. The summed E-state index contributed by atoms with van der Waals surface area (Å²) in [7, 11) is 0. The molecule has 1 unspecified atom stereocenters. The summed E-state index contributed by atoms with van der Waals surface area (Å²) in [5.74, 6) is -0.725. The number of thioether (sulfide) groups is 1. The molecular formula is C19H18N8O6S2. The predicted octanol–water partition coefficient (Wildman–Crippen LogP) is 1.71. The Morgan fingerprint density at radius 2 is 1.86 bits per heavy atom. The van der Waals surface area contributed by atoms with Crippen LogP contribution in [0.2, 0.25) is 0 Å². The highest BCUT2D eigenvalue weighted by Gasteiger charge is 2.64. The highest BCUT2D eigenvalue weighted by Crippen LogP contribution is 2.54. The number of carbonyl (C=O) groups excluding carboxylic acids is 3. The van der Waals surface area contributed by atoms with Gasteiger partial charge in [-0.1, -0.05) is 23.1 Å². The van der Waals surface area contributed by atoms with Crippen molar-refractivity contribution in [2.75, 3.05) is 22.9 Å². The van der Waals surface area contributed by atoms with Crippen molar-refractivity contribution in [2.45, 2.75) is 22.8 Å². The Hall–Kier alpha value is -4.05. The third kappa shape index (κ3) is 4.06. The summed E-state index contributed by atoms with van der Waals surface area (Å²) in [5, 5.41) is 22.4. The van der Waals surface area contributed by atoms with E-state index in [2.05, 4.69) is 20.8 Å². The number of nitrogens with zero attached hydrogens (tertiary/aromatic N) is 4. The van der Waals surface area contributed by atoms with Crippen molar-refractivity contribution < 1.29 is 29.0 Å². The summed E-state index contributed by atoms with van der Waals surface area (Å²) < 4.78 is 5.48. The van der Waals surface area contributed by atoms with Gasteiger partial charge in [0, 0.05) is 23.8 Å². The predicted molar refractivity (Wildman–Crippen MR) is 124 cm³/mol. The van der Waals surface area contributed by atoms with Crippen LogP contribution in [0.1, 0.15) is 6.42 Å². The van der Waals surface area contributed by atoms with Crippen molar-refractivity contribution in [1.82, 2.24) is 20.0 Å². The van der Waals surface area contributed by atoms with E-state index in [0.29, 0.717) is 27.0 Å². The van der Waals surface area contributed by atoms with Crippen molar-refractivity contribution in [1.29, 1.82) is 0 Å². The number of carboxylic acid groups (broad SMARTS) is 1. The number of piperidine rings is 1. The van der Waals surface area contributed by atoms with Gasteiger partial charge in [-0.2, -0.15) is 0 Å². The molecule has 2 saturated heterocycles. The van der Waals surface area contributed by atoms with E-state index in [1.54, 1.807) is 24.3 Å². The smallest absolute Gasteiger partial charge is 0.449 e. The summed E-state index contributed by atoms with van der Waals surface area (Å²) in [5.41, 5.74) is 11.7. The van der Waals surface area contributed by atoms with Crippen molar-refractivity contribution in [3.8, 4) is 0 Å². The SMILES string of the molecule is NC(=O)Nc1ccc(NC(=O)N2CCC3C(Sc4nnc(N)s4)=C(OC(=O)O)N4C(=O)[C@@H]2[C@@H]34)cc1.